The lowest BCUT2D eigenvalue weighted by atomic mass is 10.4. The second kappa shape index (κ2) is 17.4. The Morgan fingerprint density at radius 3 is 2.11 bits per heavy atom. The van der Waals surface area contributed by atoms with Crippen molar-refractivity contribution >= 4 is 47.9 Å². The molecule has 0 radical (unpaired) electrons. The van der Waals surface area contributed by atoms with E-state index in [0.29, 0.717) is 41.4 Å². The summed E-state index contributed by atoms with van der Waals surface area (Å²) in [5.74, 6) is 0. The highest BCUT2D eigenvalue weighted by Gasteiger charge is 2.16. The minimum Gasteiger partial charge on any atom is -0.302 e. The zero-order chi connectivity index (χ0) is 20.6. The van der Waals surface area contributed by atoms with Gasteiger partial charge in [0.05, 0.1) is 26.4 Å². The number of halogens is 2. The van der Waals surface area contributed by atoms with Gasteiger partial charge in [0.1, 0.15) is 4.84 Å². The number of aromatic nitrogens is 3. The van der Waals surface area contributed by atoms with Crippen molar-refractivity contribution < 1.29 is 18.7 Å². The van der Waals surface area contributed by atoms with Crippen LogP contribution in [0.1, 0.15) is 72.1 Å². The van der Waals surface area contributed by atoms with Crippen molar-refractivity contribution in [1.29, 1.82) is 0 Å². The fourth-order valence-corrected chi connectivity index (χ4v) is 7.43. The van der Waals surface area contributed by atoms with E-state index in [-0.39, 0.29) is 4.84 Å². The molecule has 0 spiro atoms. The summed E-state index contributed by atoms with van der Waals surface area (Å²) < 4.78 is 20.4. The van der Waals surface area contributed by atoms with Crippen LogP contribution in [-0.2, 0) is 0 Å². The minimum atomic E-state index is -1.26. The van der Waals surface area contributed by atoms with Crippen LogP contribution < -0.4 is 18.7 Å². The van der Waals surface area contributed by atoms with Crippen LogP contribution in [0.2, 0.25) is 0 Å². The topological polar surface area (TPSA) is 59.7 Å². The Morgan fingerprint density at radius 1 is 0.857 bits per heavy atom. The van der Waals surface area contributed by atoms with Crippen molar-refractivity contribution in [2.75, 3.05) is 26.4 Å². The van der Waals surface area contributed by atoms with Gasteiger partial charge in [-0.2, -0.15) is 4.51 Å². The van der Waals surface area contributed by atoms with Crippen molar-refractivity contribution in [3.63, 3.8) is 0 Å². The fraction of sp³-hybridized carbons (Fsp3) is 1.00. The summed E-state index contributed by atoms with van der Waals surface area (Å²) in [6.45, 7) is 8.86. The molecule has 0 aromatic carbocycles. The lowest BCUT2D eigenvalue weighted by Crippen LogP contribution is -2.21. The van der Waals surface area contributed by atoms with Gasteiger partial charge in [-0.3, -0.25) is 9.68 Å². The van der Waals surface area contributed by atoms with Gasteiger partial charge in [0.15, 0.2) is 8.51 Å². The largest absolute Gasteiger partial charge is 0.302 e. The van der Waals surface area contributed by atoms with Gasteiger partial charge in [-0.05, 0) is 32.1 Å². The molecule has 7 nitrogen and oxygen atoms in total. The molecule has 0 aliphatic carbocycles. The molecule has 0 bridgehead atoms. The molecule has 166 valence electrons. The molecule has 0 saturated carbocycles. The number of hydrogen-bond donors (Lipinski definition) is 0. The van der Waals surface area contributed by atoms with Crippen LogP contribution in [0.4, 0.5) is 0 Å². The van der Waals surface area contributed by atoms with Crippen LogP contribution in [0.15, 0.2) is 0 Å². The fourth-order valence-electron chi connectivity index (χ4n) is 1.87. The second-order valence-electron chi connectivity index (χ2n) is 6.12. The average Bonchev–Trinajstić information content (AvgIpc) is 2.68. The first-order chi connectivity index (χ1) is 13.6. The quantitative estimate of drug-likeness (QED) is 0.194. The van der Waals surface area contributed by atoms with E-state index in [1.165, 1.54) is 0 Å². The Balaban J connectivity index is 3.00. The van der Waals surface area contributed by atoms with E-state index in [0.717, 1.165) is 44.9 Å². The van der Waals surface area contributed by atoms with Gasteiger partial charge >= 0.3 is 0 Å². The van der Waals surface area contributed by atoms with E-state index in [1.54, 1.807) is 4.26 Å². The Labute approximate surface area is 183 Å². The highest BCUT2D eigenvalue weighted by atomic mass is 35.5. The van der Waals surface area contributed by atoms with E-state index < -0.39 is 16.2 Å². The van der Waals surface area contributed by atoms with Crippen LogP contribution in [-0.4, -0.2) is 44.3 Å². The van der Waals surface area contributed by atoms with Gasteiger partial charge in [0.2, 0.25) is 16.2 Å². The number of rotatable bonds is 17. The molecule has 0 fully saturated rings. The molecule has 28 heavy (non-hydrogen) atoms. The summed E-state index contributed by atoms with van der Waals surface area (Å²) in [7, 11) is -1.79. The molecule has 1 rings (SSSR count). The number of alkyl halides is 2. The molecule has 12 heteroatoms. The zero-order valence-electron chi connectivity index (χ0n) is 17.1. The Morgan fingerprint density at radius 2 is 1.46 bits per heavy atom. The molecule has 0 aliphatic rings. The van der Waals surface area contributed by atoms with Crippen LogP contribution in [0.3, 0.4) is 0 Å². The molecular formula is C16H34Cl2N3O4P3. The van der Waals surface area contributed by atoms with E-state index >= 15 is 0 Å². The molecular weight excluding hydrogens is 462 g/mol. The Kier molecular flexibility index (Phi) is 16.6. The standard InChI is InChI=1S/C16H34Cl2N3O4P3/c1-4-7-12-23-21-27(24-14-8-5-2)19-26-20(22-13-10-11-16(17)18)28(21)25-15-9-6-3/h16H,4-15H2,1-3H3. The number of nitrogens with zero attached hydrogens (tertiary/aromatic N) is 3. The maximum absolute atomic E-state index is 6.18. The predicted octanol–water partition coefficient (Wildman–Crippen LogP) is 6.06. The molecule has 1 aromatic rings. The maximum Gasteiger partial charge on any atom is 0.238 e. The molecule has 0 N–H and O–H groups in total. The van der Waals surface area contributed by atoms with Crippen LogP contribution >= 0.6 is 47.9 Å². The van der Waals surface area contributed by atoms with Gasteiger partial charge in [0.25, 0.3) is 0 Å². The van der Waals surface area contributed by atoms with Crippen molar-refractivity contribution in [2.24, 2.45) is 0 Å². The van der Waals surface area contributed by atoms with Crippen LogP contribution in [0, 0.1) is 0 Å². The third-order valence-electron chi connectivity index (χ3n) is 3.52. The highest BCUT2D eigenvalue weighted by Crippen LogP contribution is 2.36. The van der Waals surface area contributed by atoms with E-state index in [4.69, 9.17) is 41.9 Å². The van der Waals surface area contributed by atoms with Crippen LogP contribution in [0.5, 0.6) is 0 Å². The van der Waals surface area contributed by atoms with Gasteiger partial charge in [-0.15, -0.1) is 31.7 Å². The van der Waals surface area contributed by atoms with Crippen molar-refractivity contribution in [2.45, 2.75) is 77.0 Å². The molecule has 2 unspecified atom stereocenters. The first kappa shape index (κ1) is 26.8. The van der Waals surface area contributed by atoms with E-state index in [2.05, 4.69) is 25.3 Å². The summed E-state index contributed by atoms with van der Waals surface area (Å²) >= 11 is 11.6. The van der Waals surface area contributed by atoms with Crippen molar-refractivity contribution in [3.05, 3.63) is 0 Å². The van der Waals surface area contributed by atoms with E-state index in [1.807, 2.05) is 4.26 Å². The summed E-state index contributed by atoms with van der Waals surface area (Å²) in [4.78, 5) is 11.6. The first-order valence-corrected chi connectivity index (χ1v) is 14.1. The molecule has 2 atom stereocenters. The third kappa shape index (κ3) is 11.2. The van der Waals surface area contributed by atoms with E-state index in [9.17, 15) is 0 Å². The first-order valence-electron chi connectivity index (χ1n) is 10.1. The number of hydrogen-bond acceptors (Lipinski definition) is 5. The van der Waals surface area contributed by atoms with Gasteiger partial charge in [-0.1, -0.05) is 40.0 Å². The predicted molar refractivity (Wildman–Crippen MR) is 121 cm³/mol. The Bertz CT molecular complexity index is 548. The minimum absolute atomic E-state index is 0.372. The molecule has 0 saturated heterocycles. The van der Waals surface area contributed by atoms with Gasteiger partial charge in [0, 0.05) is 0 Å². The van der Waals surface area contributed by atoms with Gasteiger partial charge in [-0.25, -0.2) is 0 Å². The third-order valence-corrected chi connectivity index (χ3v) is 8.83. The Hall–Kier alpha value is 0.720. The lowest BCUT2D eigenvalue weighted by molar-refractivity contribution is 0.117. The molecule has 1 heterocycles. The summed E-state index contributed by atoms with van der Waals surface area (Å²) in [5, 5.41) is 0. The zero-order valence-corrected chi connectivity index (χ0v) is 21.3. The normalized spacial score (nSPS) is 13.1. The molecule has 0 aliphatic heterocycles. The molecule has 1 aromatic heterocycles. The SMILES string of the molecule is CCCCOn1p(OCCCC)npn(OCCCC(Cl)Cl)p1OCCCC. The second-order valence-corrected chi connectivity index (χ2v) is 11.9. The van der Waals surface area contributed by atoms with Crippen molar-refractivity contribution in [1.82, 2.24) is 13.0 Å². The number of unbranched alkanes of at least 4 members (excludes halogenated alkanes) is 3. The monoisotopic (exact) mass is 495 g/mol. The van der Waals surface area contributed by atoms with Gasteiger partial charge < -0.3 is 9.05 Å². The molecule has 0 amide bonds. The smallest absolute Gasteiger partial charge is 0.238 e. The lowest BCUT2D eigenvalue weighted by Gasteiger charge is -2.20. The highest BCUT2D eigenvalue weighted by molar-refractivity contribution is 7.55. The van der Waals surface area contributed by atoms with Crippen LogP contribution in [0.25, 0.3) is 0 Å². The summed E-state index contributed by atoms with van der Waals surface area (Å²) in [6, 6.07) is 0. The average molecular weight is 496 g/mol. The summed E-state index contributed by atoms with van der Waals surface area (Å²) in [5.41, 5.74) is 0. The van der Waals surface area contributed by atoms with Crippen molar-refractivity contribution in [3.8, 4) is 0 Å². The maximum atomic E-state index is 6.18. The summed E-state index contributed by atoms with van der Waals surface area (Å²) in [6.07, 6.45) is 7.61.